The number of unbranched alkanes of at least 4 members (excludes halogenated alkanes) is 17. The molecule has 0 aromatic carbocycles. The van der Waals surface area contributed by atoms with Gasteiger partial charge in [0.1, 0.15) is 0 Å². The van der Waals surface area contributed by atoms with Crippen LogP contribution in [0.5, 0.6) is 0 Å². The Hall–Kier alpha value is 0.250. The van der Waals surface area contributed by atoms with E-state index in [9.17, 15) is 0 Å². The summed E-state index contributed by atoms with van der Waals surface area (Å²) in [6, 6.07) is 0.714. The maximum atomic E-state index is 2.59. The van der Waals surface area contributed by atoms with Crippen LogP contribution in [-0.2, 0) is 0 Å². The number of halogens is 1. The number of rotatable bonds is 21. The Bertz CT molecular complexity index is 255. The van der Waals surface area contributed by atoms with Crippen LogP contribution in [-0.4, -0.2) is 24.0 Å². The number of hydrogen-bond donors (Lipinski definition) is 0. The SMILES string of the molecule is CCCCCCCCCCCCCCCCCCCCN(CC)C(C)C.Cl. The normalized spacial score (nSPS) is 11.3. The summed E-state index contributed by atoms with van der Waals surface area (Å²) in [6.07, 6.45) is 26.3. The van der Waals surface area contributed by atoms with Gasteiger partial charge in [0.15, 0.2) is 0 Å². The first-order valence-electron chi connectivity index (χ1n) is 12.5. The summed E-state index contributed by atoms with van der Waals surface area (Å²) >= 11 is 0. The molecule has 0 atom stereocenters. The van der Waals surface area contributed by atoms with Gasteiger partial charge in [-0.3, -0.25) is 0 Å². The highest BCUT2D eigenvalue weighted by atomic mass is 35.5. The zero-order valence-electron chi connectivity index (χ0n) is 19.6. The van der Waals surface area contributed by atoms with Crippen molar-refractivity contribution in [1.29, 1.82) is 0 Å². The first-order valence-corrected chi connectivity index (χ1v) is 12.5. The molecule has 0 aliphatic rings. The molecule has 0 bridgehead atoms. The van der Waals surface area contributed by atoms with Crippen molar-refractivity contribution >= 4 is 12.4 Å². The van der Waals surface area contributed by atoms with Crippen molar-refractivity contribution < 1.29 is 0 Å². The molecule has 0 rings (SSSR count). The fraction of sp³-hybridized carbons (Fsp3) is 1.00. The second-order valence-corrected chi connectivity index (χ2v) is 8.73. The van der Waals surface area contributed by atoms with Crippen LogP contribution < -0.4 is 0 Å². The van der Waals surface area contributed by atoms with Gasteiger partial charge in [0.05, 0.1) is 0 Å². The van der Waals surface area contributed by atoms with E-state index >= 15 is 0 Å². The van der Waals surface area contributed by atoms with E-state index in [1.165, 1.54) is 129 Å². The molecule has 0 heterocycles. The topological polar surface area (TPSA) is 3.24 Å². The summed E-state index contributed by atoms with van der Waals surface area (Å²) in [5.41, 5.74) is 0. The van der Waals surface area contributed by atoms with E-state index in [4.69, 9.17) is 0 Å². The lowest BCUT2D eigenvalue weighted by atomic mass is 10.0. The van der Waals surface area contributed by atoms with Crippen LogP contribution in [0.1, 0.15) is 143 Å². The van der Waals surface area contributed by atoms with E-state index in [1.807, 2.05) is 0 Å². The quantitative estimate of drug-likeness (QED) is 0.172. The Morgan fingerprint density at radius 3 is 1.04 bits per heavy atom. The van der Waals surface area contributed by atoms with E-state index < -0.39 is 0 Å². The molecule has 0 saturated carbocycles. The molecule has 0 aliphatic carbocycles. The van der Waals surface area contributed by atoms with Crippen molar-refractivity contribution in [3.63, 3.8) is 0 Å². The highest BCUT2D eigenvalue weighted by Crippen LogP contribution is 2.14. The van der Waals surface area contributed by atoms with Gasteiger partial charge >= 0.3 is 0 Å². The Balaban J connectivity index is 0. The summed E-state index contributed by atoms with van der Waals surface area (Å²) in [4.78, 5) is 2.59. The molecule has 27 heavy (non-hydrogen) atoms. The van der Waals surface area contributed by atoms with Crippen LogP contribution in [0.3, 0.4) is 0 Å². The largest absolute Gasteiger partial charge is 0.301 e. The molecule has 0 aromatic heterocycles. The fourth-order valence-electron chi connectivity index (χ4n) is 4.00. The minimum Gasteiger partial charge on any atom is -0.301 e. The molecule has 0 spiro atoms. The molecule has 0 N–H and O–H groups in total. The van der Waals surface area contributed by atoms with Crippen molar-refractivity contribution in [3.8, 4) is 0 Å². The van der Waals surface area contributed by atoms with Crippen LogP contribution in [0.4, 0.5) is 0 Å². The van der Waals surface area contributed by atoms with Crippen molar-refractivity contribution in [2.24, 2.45) is 0 Å². The second kappa shape index (κ2) is 24.3. The summed E-state index contributed by atoms with van der Waals surface area (Å²) < 4.78 is 0. The van der Waals surface area contributed by atoms with Crippen molar-refractivity contribution in [3.05, 3.63) is 0 Å². The molecule has 0 saturated heterocycles. The highest BCUT2D eigenvalue weighted by molar-refractivity contribution is 5.85. The molecule has 2 heteroatoms. The standard InChI is InChI=1S/C25H53N.ClH/c1-5-7-8-9-10-11-12-13-14-15-16-17-18-19-20-21-22-23-24-26(6-2)25(3)4;/h25H,5-24H2,1-4H3;1H. The summed E-state index contributed by atoms with van der Waals surface area (Å²) in [7, 11) is 0. The molecule has 0 aliphatic heterocycles. The predicted molar refractivity (Wildman–Crippen MR) is 128 cm³/mol. The van der Waals surface area contributed by atoms with Crippen molar-refractivity contribution in [2.45, 2.75) is 149 Å². The van der Waals surface area contributed by atoms with Crippen LogP contribution in [0.25, 0.3) is 0 Å². The van der Waals surface area contributed by atoms with E-state index in [2.05, 4.69) is 32.6 Å². The molecule has 0 fully saturated rings. The Labute approximate surface area is 179 Å². The molecular formula is C25H54ClN. The first-order chi connectivity index (χ1) is 12.7. The van der Waals surface area contributed by atoms with E-state index in [-0.39, 0.29) is 12.4 Å². The molecule has 0 amide bonds. The van der Waals surface area contributed by atoms with Gasteiger partial charge in [-0.15, -0.1) is 12.4 Å². The molecule has 0 unspecified atom stereocenters. The summed E-state index contributed by atoms with van der Waals surface area (Å²) in [5.74, 6) is 0. The van der Waals surface area contributed by atoms with Gasteiger partial charge in [0.2, 0.25) is 0 Å². The van der Waals surface area contributed by atoms with Gasteiger partial charge < -0.3 is 4.90 Å². The van der Waals surface area contributed by atoms with Crippen molar-refractivity contribution in [1.82, 2.24) is 4.90 Å². The van der Waals surface area contributed by atoms with Gasteiger partial charge in [0.25, 0.3) is 0 Å². The van der Waals surface area contributed by atoms with Gasteiger partial charge in [0, 0.05) is 6.04 Å². The summed E-state index contributed by atoms with van der Waals surface area (Å²) in [5, 5.41) is 0. The van der Waals surface area contributed by atoms with Gasteiger partial charge in [-0.2, -0.15) is 0 Å². The van der Waals surface area contributed by atoms with Crippen LogP contribution in [0, 0.1) is 0 Å². The lowest BCUT2D eigenvalue weighted by molar-refractivity contribution is 0.228. The molecular weight excluding hydrogens is 350 g/mol. The average molecular weight is 404 g/mol. The third-order valence-electron chi connectivity index (χ3n) is 5.94. The molecule has 0 radical (unpaired) electrons. The van der Waals surface area contributed by atoms with E-state index in [1.54, 1.807) is 0 Å². The number of hydrogen-bond acceptors (Lipinski definition) is 1. The Kier molecular flexibility index (Phi) is 26.5. The first kappa shape index (κ1) is 29.5. The van der Waals surface area contributed by atoms with E-state index in [0.717, 1.165) is 0 Å². The summed E-state index contributed by atoms with van der Waals surface area (Å²) in [6.45, 7) is 11.7. The van der Waals surface area contributed by atoms with Gasteiger partial charge in [-0.25, -0.2) is 0 Å². The minimum atomic E-state index is 0. The average Bonchev–Trinajstić information content (AvgIpc) is 2.63. The highest BCUT2D eigenvalue weighted by Gasteiger charge is 2.05. The molecule has 1 nitrogen and oxygen atoms in total. The lowest BCUT2D eigenvalue weighted by Gasteiger charge is -2.24. The zero-order chi connectivity index (χ0) is 19.3. The van der Waals surface area contributed by atoms with Gasteiger partial charge in [-0.05, 0) is 33.4 Å². The Morgan fingerprint density at radius 1 is 0.481 bits per heavy atom. The minimum absolute atomic E-state index is 0. The molecule has 166 valence electrons. The third-order valence-corrected chi connectivity index (χ3v) is 5.94. The Morgan fingerprint density at radius 2 is 0.778 bits per heavy atom. The maximum Gasteiger partial charge on any atom is 0.00384 e. The van der Waals surface area contributed by atoms with Gasteiger partial charge in [-0.1, -0.05) is 123 Å². The zero-order valence-corrected chi connectivity index (χ0v) is 20.4. The van der Waals surface area contributed by atoms with E-state index in [0.29, 0.717) is 6.04 Å². The van der Waals surface area contributed by atoms with Crippen LogP contribution in [0.2, 0.25) is 0 Å². The third kappa shape index (κ3) is 22.4. The van der Waals surface area contributed by atoms with Crippen LogP contribution in [0.15, 0.2) is 0 Å². The fourth-order valence-corrected chi connectivity index (χ4v) is 4.00. The molecule has 0 aromatic rings. The number of nitrogens with zero attached hydrogens (tertiary/aromatic N) is 1. The monoisotopic (exact) mass is 403 g/mol. The predicted octanol–water partition coefficient (Wildman–Crippen LogP) is 9.18. The smallest absolute Gasteiger partial charge is 0.00384 e. The van der Waals surface area contributed by atoms with Crippen molar-refractivity contribution in [2.75, 3.05) is 13.1 Å². The maximum absolute atomic E-state index is 2.59. The lowest BCUT2D eigenvalue weighted by Crippen LogP contribution is -2.31. The van der Waals surface area contributed by atoms with Crippen LogP contribution >= 0.6 is 12.4 Å². The second-order valence-electron chi connectivity index (χ2n) is 8.73.